The van der Waals surface area contributed by atoms with Crippen molar-refractivity contribution in [2.45, 2.75) is 69.1 Å². The van der Waals surface area contributed by atoms with E-state index in [0.29, 0.717) is 5.92 Å². The molecule has 0 radical (unpaired) electrons. The Kier molecular flexibility index (Phi) is 5.98. The van der Waals surface area contributed by atoms with Gasteiger partial charge in [-0.15, -0.1) is 11.3 Å². The summed E-state index contributed by atoms with van der Waals surface area (Å²) in [7, 11) is -3.12. The zero-order valence-corrected chi connectivity index (χ0v) is 15.7. The normalized spacial score (nSPS) is 21.2. The standard InChI is InChI=1S/C18H27NO3S2/c20-17(11-13-24(21,22)15-8-3-4-9-15)19-18(14-6-1-2-7-14)16-10-5-12-23-16/h5,10,12,14-15,18H,1-4,6-9,11,13H2,(H,19,20)/t18-/m0/s1. The maximum absolute atomic E-state index is 12.4. The molecule has 1 amide bonds. The van der Waals surface area contributed by atoms with Gasteiger partial charge in [-0.25, -0.2) is 8.42 Å². The predicted octanol–water partition coefficient (Wildman–Crippen LogP) is 3.84. The predicted molar refractivity (Wildman–Crippen MR) is 97.8 cm³/mol. The molecule has 1 aromatic rings. The minimum absolute atomic E-state index is 0.00860. The van der Waals surface area contributed by atoms with E-state index in [1.54, 1.807) is 11.3 Å². The first-order valence-electron chi connectivity index (χ1n) is 9.10. The molecule has 134 valence electrons. The molecular weight excluding hydrogens is 342 g/mol. The Morgan fingerprint density at radius 3 is 2.46 bits per heavy atom. The summed E-state index contributed by atoms with van der Waals surface area (Å²) < 4.78 is 24.7. The summed E-state index contributed by atoms with van der Waals surface area (Å²) >= 11 is 1.67. The second-order valence-corrected chi connectivity index (χ2v) is 10.5. The maximum atomic E-state index is 12.4. The van der Waals surface area contributed by atoms with Crippen LogP contribution in [0.25, 0.3) is 0 Å². The molecule has 1 heterocycles. The van der Waals surface area contributed by atoms with E-state index in [1.165, 1.54) is 17.7 Å². The number of carbonyl (C=O) groups is 1. The van der Waals surface area contributed by atoms with Gasteiger partial charge in [0.05, 0.1) is 17.0 Å². The van der Waals surface area contributed by atoms with Crippen molar-refractivity contribution in [2.75, 3.05) is 5.75 Å². The molecule has 0 unspecified atom stereocenters. The van der Waals surface area contributed by atoms with E-state index in [1.807, 2.05) is 11.4 Å². The smallest absolute Gasteiger partial charge is 0.221 e. The lowest BCUT2D eigenvalue weighted by atomic mass is 9.96. The van der Waals surface area contributed by atoms with Crippen LogP contribution in [0.2, 0.25) is 0 Å². The van der Waals surface area contributed by atoms with Crippen LogP contribution in [0.3, 0.4) is 0 Å². The van der Waals surface area contributed by atoms with Crippen LogP contribution < -0.4 is 5.32 Å². The van der Waals surface area contributed by atoms with Crippen molar-refractivity contribution < 1.29 is 13.2 Å². The summed E-state index contributed by atoms with van der Waals surface area (Å²) in [6.45, 7) is 0. The summed E-state index contributed by atoms with van der Waals surface area (Å²) in [6.07, 6.45) is 8.35. The highest BCUT2D eigenvalue weighted by molar-refractivity contribution is 7.92. The zero-order chi connectivity index (χ0) is 17.0. The third kappa shape index (κ3) is 4.39. The van der Waals surface area contributed by atoms with E-state index in [2.05, 4.69) is 11.4 Å². The highest BCUT2D eigenvalue weighted by atomic mass is 32.2. The first-order chi connectivity index (χ1) is 11.6. The van der Waals surface area contributed by atoms with E-state index in [-0.39, 0.29) is 29.4 Å². The fourth-order valence-electron chi connectivity index (χ4n) is 4.07. The molecule has 2 fully saturated rings. The molecule has 0 aliphatic heterocycles. The minimum Gasteiger partial charge on any atom is -0.348 e. The average Bonchev–Trinajstić information content (AvgIpc) is 3.34. The molecule has 3 rings (SSSR count). The Morgan fingerprint density at radius 2 is 1.83 bits per heavy atom. The third-order valence-electron chi connectivity index (χ3n) is 5.46. The molecule has 2 saturated carbocycles. The number of nitrogens with one attached hydrogen (secondary N) is 1. The number of amides is 1. The second kappa shape index (κ2) is 8.00. The number of hydrogen-bond donors (Lipinski definition) is 1. The SMILES string of the molecule is O=C(CCS(=O)(=O)C1CCCC1)N[C@H](c1cccs1)C1CCCC1. The first-order valence-corrected chi connectivity index (χ1v) is 11.7. The average molecular weight is 370 g/mol. The van der Waals surface area contributed by atoms with Gasteiger partial charge in [-0.1, -0.05) is 31.7 Å². The number of sulfone groups is 1. The van der Waals surface area contributed by atoms with E-state index in [0.717, 1.165) is 38.5 Å². The summed E-state index contributed by atoms with van der Waals surface area (Å²) in [6, 6.07) is 4.14. The molecule has 1 atom stereocenters. The van der Waals surface area contributed by atoms with Gasteiger partial charge in [-0.2, -0.15) is 0 Å². The molecule has 24 heavy (non-hydrogen) atoms. The van der Waals surface area contributed by atoms with Crippen molar-refractivity contribution >= 4 is 27.1 Å². The van der Waals surface area contributed by atoms with E-state index in [9.17, 15) is 13.2 Å². The molecule has 4 nitrogen and oxygen atoms in total. The van der Waals surface area contributed by atoms with E-state index in [4.69, 9.17) is 0 Å². The molecule has 0 saturated heterocycles. The van der Waals surface area contributed by atoms with Gasteiger partial charge >= 0.3 is 0 Å². The lowest BCUT2D eigenvalue weighted by Gasteiger charge is -2.24. The number of carbonyl (C=O) groups excluding carboxylic acids is 1. The Bertz CT molecular complexity index is 627. The quantitative estimate of drug-likeness (QED) is 0.794. The Balaban J connectivity index is 1.57. The van der Waals surface area contributed by atoms with Gasteiger partial charge in [0.2, 0.25) is 5.91 Å². The highest BCUT2D eigenvalue weighted by Crippen LogP contribution is 2.37. The fraction of sp³-hybridized carbons (Fsp3) is 0.722. The molecular formula is C18H27NO3S2. The lowest BCUT2D eigenvalue weighted by Crippen LogP contribution is -2.34. The van der Waals surface area contributed by atoms with Crippen LogP contribution in [-0.4, -0.2) is 25.3 Å². The molecule has 0 bridgehead atoms. The van der Waals surface area contributed by atoms with Crippen LogP contribution in [0.4, 0.5) is 0 Å². The summed E-state index contributed by atoms with van der Waals surface area (Å²) in [5.41, 5.74) is 0. The number of thiophene rings is 1. The summed E-state index contributed by atoms with van der Waals surface area (Å²) in [5.74, 6) is 0.353. The molecule has 2 aliphatic rings. The van der Waals surface area contributed by atoms with E-state index >= 15 is 0 Å². The third-order valence-corrected chi connectivity index (χ3v) is 8.68. The monoisotopic (exact) mass is 369 g/mol. The topological polar surface area (TPSA) is 63.2 Å². The van der Waals surface area contributed by atoms with Gasteiger partial charge in [0.1, 0.15) is 0 Å². The lowest BCUT2D eigenvalue weighted by molar-refractivity contribution is -0.121. The largest absolute Gasteiger partial charge is 0.348 e. The minimum atomic E-state index is -3.12. The molecule has 6 heteroatoms. The summed E-state index contributed by atoms with van der Waals surface area (Å²) in [4.78, 5) is 13.6. The molecule has 2 aliphatic carbocycles. The second-order valence-electron chi connectivity index (χ2n) is 7.13. The first kappa shape index (κ1) is 17.9. The van der Waals surface area contributed by atoms with Crippen LogP contribution in [0.5, 0.6) is 0 Å². The van der Waals surface area contributed by atoms with Crippen LogP contribution in [-0.2, 0) is 14.6 Å². The van der Waals surface area contributed by atoms with Crippen molar-refractivity contribution in [3.63, 3.8) is 0 Å². The molecule has 0 aromatic carbocycles. The van der Waals surface area contributed by atoms with Crippen molar-refractivity contribution in [3.05, 3.63) is 22.4 Å². The molecule has 0 spiro atoms. The van der Waals surface area contributed by atoms with Crippen LogP contribution in [0, 0.1) is 5.92 Å². The van der Waals surface area contributed by atoms with Gasteiger partial charge in [0.15, 0.2) is 9.84 Å². The number of hydrogen-bond acceptors (Lipinski definition) is 4. The zero-order valence-electron chi connectivity index (χ0n) is 14.1. The number of rotatable bonds is 7. The van der Waals surface area contributed by atoms with Gasteiger partial charge in [0.25, 0.3) is 0 Å². The van der Waals surface area contributed by atoms with Gasteiger partial charge in [-0.3, -0.25) is 4.79 Å². The van der Waals surface area contributed by atoms with Crippen molar-refractivity contribution in [1.29, 1.82) is 0 Å². The van der Waals surface area contributed by atoms with Gasteiger partial charge in [0, 0.05) is 11.3 Å². The van der Waals surface area contributed by atoms with Crippen LogP contribution in [0.15, 0.2) is 17.5 Å². The van der Waals surface area contributed by atoms with Gasteiger partial charge in [-0.05, 0) is 43.0 Å². The summed E-state index contributed by atoms with van der Waals surface area (Å²) in [5, 5.41) is 4.95. The van der Waals surface area contributed by atoms with E-state index < -0.39 is 9.84 Å². The van der Waals surface area contributed by atoms with Crippen molar-refractivity contribution in [1.82, 2.24) is 5.32 Å². The Labute approximate surface area is 149 Å². The fourth-order valence-corrected chi connectivity index (χ4v) is 6.80. The Hall–Kier alpha value is -0.880. The molecule has 1 N–H and O–H groups in total. The molecule has 1 aromatic heterocycles. The Morgan fingerprint density at radius 1 is 1.17 bits per heavy atom. The maximum Gasteiger partial charge on any atom is 0.221 e. The van der Waals surface area contributed by atoms with Crippen molar-refractivity contribution in [2.24, 2.45) is 5.92 Å². The van der Waals surface area contributed by atoms with Crippen LogP contribution in [0.1, 0.15) is 68.7 Å². The highest BCUT2D eigenvalue weighted by Gasteiger charge is 2.31. The van der Waals surface area contributed by atoms with Crippen molar-refractivity contribution in [3.8, 4) is 0 Å². The van der Waals surface area contributed by atoms with Gasteiger partial charge < -0.3 is 5.32 Å². The van der Waals surface area contributed by atoms with Crippen LogP contribution >= 0.6 is 11.3 Å².